The van der Waals surface area contributed by atoms with Crippen LogP contribution in [0.1, 0.15) is 24.1 Å². The van der Waals surface area contributed by atoms with Gasteiger partial charge >= 0.3 is 0 Å². The molecule has 0 aliphatic rings. The van der Waals surface area contributed by atoms with E-state index in [4.69, 9.17) is 27.3 Å². The Morgan fingerprint density at radius 3 is 2.40 bits per heavy atom. The predicted molar refractivity (Wildman–Crippen MR) is 79.9 cm³/mol. The minimum Gasteiger partial charge on any atom is -0.457 e. The second-order valence-corrected chi connectivity index (χ2v) is 4.96. The van der Waals surface area contributed by atoms with Crippen molar-refractivity contribution in [2.24, 2.45) is 5.73 Å². The first-order valence-electron chi connectivity index (χ1n) is 6.29. The maximum absolute atomic E-state index is 8.62. The number of nitrogens with two attached hydrogens (primary N) is 1. The molecule has 0 aliphatic heterocycles. The molecule has 0 amide bonds. The van der Waals surface area contributed by atoms with Crippen LogP contribution in [0.4, 0.5) is 0 Å². The van der Waals surface area contributed by atoms with E-state index in [1.807, 2.05) is 43.3 Å². The molecule has 0 saturated carbocycles. The number of nitrogens with zero attached hydrogens (tertiary/aromatic N) is 1. The van der Waals surface area contributed by atoms with Gasteiger partial charge in [-0.15, -0.1) is 0 Å². The molecule has 2 aromatic carbocycles. The molecule has 1 atom stereocenters. The summed E-state index contributed by atoms with van der Waals surface area (Å²) >= 11 is 6.16. The van der Waals surface area contributed by atoms with E-state index >= 15 is 0 Å². The van der Waals surface area contributed by atoms with Crippen molar-refractivity contribution < 1.29 is 4.74 Å². The first kappa shape index (κ1) is 14.4. The number of hydrogen-bond donors (Lipinski definition) is 1. The predicted octanol–water partition coefficient (Wildman–Crippen LogP) is 4.22. The second-order valence-electron chi connectivity index (χ2n) is 4.55. The normalized spacial score (nSPS) is 11.7. The van der Waals surface area contributed by atoms with E-state index < -0.39 is 0 Å². The maximum atomic E-state index is 8.62. The minimum atomic E-state index is -0.109. The van der Waals surface area contributed by atoms with E-state index in [1.54, 1.807) is 6.07 Å². The lowest BCUT2D eigenvalue weighted by Gasteiger charge is -2.11. The van der Waals surface area contributed by atoms with Gasteiger partial charge in [-0.25, -0.2) is 0 Å². The van der Waals surface area contributed by atoms with Gasteiger partial charge < -0.3 is 10.5 Å². The topological polar surface area (TPSA) is 59.0 Å². The van der Waals surface area contributed by atoms with Crippen molar-refractivity contribution in [3.8, 4) is 17.6 Å². The Morgan fingerprint density at radius 2 is 1.85 bits per heavy atom. The molecule has 20 heavy (non-hydrogen) atoms. The van der Waals surface area contributed by atoms with E-state index in [0.717, 1.165) is 11.1 Å². The van der Waals surface area contributed by atoms with Crippen molar-refractivity contribution in [3.63, 3.8) is 0 Å². The molecule has 3 nitrogen and oxygen atoms in total. The standard InChI is InChI=1S/C16H15ClN2O/c1-11(19)15-7-6-14(10-16(15)17)20-13-4-2-12(3-5-13)8-9-18/h2-7,10-11H,8,19H2,1H3. The molecule has 2 rings (SSSR count). The lowest BCUT2D eigenvalue weighted by molar-refractivity contribution is 0.482. The zero-order valence-corrected chi connectivity index (χ0v) is 11.9. The van der Waals surface area contributed by atoms with E-state index in [0.29, 0.717) is 22.9 Å². The average molecular weight is 287 g/mol. The van der Waals surface area contributed by atoms with E-state index in [-0.39, 0.29) is 6.04 Å². The molecule has 2 aromatic rings. The fourth-order valence-corrected chi connectivity index (χ4v) is 2.19. The lowest BCUT2D eigenvalue weighted by atomic mass is 10.1. The summed E-state index contributed by atoms with van der Waals surface area (Å²) in [6.07, 6.45) is 0.398. The van der Waals surface area contributed by atoms with Crippen LogP contribution in [0.5, 0.6) is 11.5 Å². The van der Waals surface area contributed by atoms with Gasteiger partial charge in [0.1, 0.15) is 11.5 Å². The third kappa shape index (κ3) is 3.51. The Balaban J connectivity index is 2.14. The highest BCUT2D eigenvalue weighted by atomic mass is 35.5. The van der Waals surface area contributed by atoms with Crippen molar-refractivity contribution >= 4 is 11.6 Å². The molecular formula is C16H15ClN2O. The van der Waals surface area contributed by atoms with Gasteiger partial charge in [0, 0.05) is 11.1 Å². The van der Waals surface area contributed by atoms with Crippen LogP contribution in [0.15, 0.2) is 42.5 Å². The van der Waals surface area contributed by atoms with Crippen molar-refractivity contribution in [2.45, 2.75) is 19.4 Å². The quantitative estimate of drug-likeness (QED) is 0.915. The van der Waals surface area contributed by atoms with Gasteiger partial charge in [-0.2, -0.15) is 5.26 Å². The monoisotopic (exact) mass is 286 g/mol. The number of nitriles is 1. The van der Waals surface area contributed by atoms with Gasteiger partial charge in [-0.3, -0.25) is 0 Å². The molecule has 0 spiro atoms. The number of benzene rings is 2. The highest BCUT2D eigenvalue weighted by Gasteiger charge is 2.07. The van der Waals surface area contributed by atoms with Gasteiger partial charge in [-0.1, -0.05) is 29.8 Å². The molecule has 0 radical (unpaired) electrons. The molecule has 1 unspecified atom stereocenters. The molecular weight excluding hydrogens is 272 g/mol. The smallest absolute Gasteiger partial charge is 0.128 e. The molecule has 102 valence electrons. The minimum absolute atomic E-state index is 0.109. The van der Waals surface area contributed by atoms with Crippen LogP contribution in [0.25, 0.3) is 0 Å². The maximum Gasteiger partial charge on any atom is 0.128 e. The molecule has 0 aliphatic carbocycles. The third-order valence-electron chi connectivity index (χ3n) is 2.90. The summed E-state index contributed by atoms with van der Waals surface area (Å²) in [6, 6.07) is 14.9. The fourth-order valence-electron chi connectivity index (χ4n) is 1.84. The van der Waals surface area contributed by atoms with Crippen molar-refractivity contribution in [1.29, 1.82) is 5.26 Å². The molecule has 2 N–H and O–H groups in total. The van der Waals surface area contributed by atoms with Crippen LogP contribution in [-0.2, 0) is 6.42 Å². The van der Waals surface area contributed by atoms with Gasteiger partial charge in [0.15, 0.2) is 0 Å². The highest BCUT2D eigenvalue weighted by molar-refractivity contribution is 6.31. The van der Waals surface area contributed by atoms with Gasteiger partial charge in [0.2, 0.25) is 0 Å². The van der Waals surface area contributed by atoms with Crippen molar-refractivity contribution in [2.75, 3.05) is 0 Å². The van der Waals surface area contributed by atoms with Crippen molar-refractivity contribution in [3.05, 3.63) is 58.6 Å². The summed E-state index contributed by atoms with van der Waals surface area (Å²) < 4.78 is 5.72. The fraction of sp³-hybridized carbons (Fsp3) is 0.188. The Hall–Kier alpha value is -2.02. The van der Waals surface area contributed by atoms with Crippen LogP contribution in [0.2, 0.25) is 5.02 Å². The summed E-state index contributed by atoms with van der Waals surface area (Å²) in [5, 5.41) is 9.22. The van der Waals surface area contributed by atoms with Gasteiger partial charge in [-0.05, 0) is 42.3 Å². The second kappa shape index (κ2) is 6.42. The average Bonchev–Trinajstić information content (AvgIpc) is 2.41. The molecule has 0 bridgehead atoms. The van der Waals surface area contributed by atoms with Crippen LogP contribution in [0.3, 0.4) is 0 Å². The van der Waals surface area contributed by atoms with Crippen LogP contribution < -0.4 is 10.5 Å². The van der Waals surface area contributed by atoms with Crippen molar-refractivity contribution in [1.82, 2.24) is 0 Å². The number of ether oxygens (including phenoxy) is 1. The summed E-state index contributed by atoms with van der Waals surface area (Å²) in [5.74, 6) is 1.36. The van der Waals surface area contributed by atoms with E-state index in [2.05, 4.69) is 6.07 Å². The number of hydrogen-bond acceptors (Lipinski definition) is 3. The summed E-state index contributed by atoms with van der Waals surface area (Å²) in [5.41, 5.74) is 7.67. The first-order chi connectivity index (χ1) is 9.60. The Kier molecular flexibility index (Phi) is 4.62. The van der Waals surface area contributed by atoms with Crippen LogP contribution in [-0.4, -0.2) is 0 Å². The molecule has 0 heterocycles. The number of rotatable bonds is 4. The molecule has 0 aromatic heterocycles. The molecule has 4 heteroatoms. The molecule has 0 fully saturated rings. The summed E-state index contributed by atoms with van der Waals surface area (Å²) in [4.78, 5) is 0. The zero-order valence-electron chi connectivity index (χ0n) is 11.1. The Morgan fingerprint density at radius 1 is 1.20 bits per heavy atom. The van der Waals surface area contributed by atoms with Gasteiger partial charge in [0.25, 0.3) is 0 Å². The van der Waals surface area contributed by atoms with E-state index in [1.165, 1.54) is 0 Å². The first-order valence-corrected chi connectivity index (χ1v) is 6.66. The number of halogens is 1. The van der Waals surface area contributed by atoms with E-state index in [9.17, 15) is 0 Å². The SMILES string of the molecule is CC(N)c1ccc(Oc2ccc(CC#N)cc2)cc1Cl. The molecule has 0 saturated heterocycles. The highest BCUT2D eigenvalue weighted by Crippen LogP contribution is 2.29. The largest absolute Gasteiger partial charge is 0.457 e. The summed E-state index contributed by atoms with van der Waals surface area (Å²) in [7, 11) is 0. The summed E-state index contributed by atoms with van der Waals surface area (Å²) in [6.45, 7) is 1.88. The van der Waals surface area contributed by atoms with Crippen LogP contribution in [0, 0.1) is 11.3 Å². The zero-order chi connectivity index (χ0) is 14.5. The third-order valence-corrected chi connectivity index (χ3v) is 3.23. The Bertz CT molecular complexity index is 630. The Labute approximate surface area is 123 Å². The van der Waals surface area contributed by atoms with Crippen LogP contribution >= 0.6 is 11.6 Å². The van der Waals surface area contributed by atoms with Gasteiger partial charge in [0.05, 0.1) is 12.5 Å². The lowest BCUT2D eigenvalue weighted by Crippen LogP contribution is -2.05.